The Morgan fingerprint density at radius 2 is 1.84 bits per heavy atom. The summed E-state index contributed by atoms with van der Waals surface area (Å²) in [4.78, 5) is 34.0. The Hall–Kier alpha value is -3.21. The molecular formula is C26H29N3O2. The second kappa shape index (κ2) is 9.73. The van der Waals surface area contributed by atoms with E-state index >= 15 is 0 Å². The maximum atomic E-state index is 13.2. The fourth-order valence-electron chi connectivity index (χ4n) is 4.48. The van der Waals surface area contributed by atoms with Crippen molar-refractivity contribution in [1.29, 1.82) is 0 Å². The van der Waals surface area contributed by atoms with Crippen molar-refractivity contribution in [2.24, 2.45) is 5.92 Å². The average Bonchev–Trinajstić information content (AvgIpc) is 3.31. The summed E-state index contributed by atoms with van der Waals surface area (Å²) >= 11 is 0. The fourth-order valence-corrected chi connectivity index (χ4v) is 4.48. The Balaban J connectivity index is 1.51. The third kappa shape index (κ3) is 4.93. The second-order valence-electron chi connectivity index (χ2n) is 8.28. The summed E-state index contributed by atoms with van der Waals surface area (Å²) in [6.07, 6.45) is 12.7. The topological polar surface area (TPSA) is 53.5 Å². The van der Waals surface area contributed by atoms with E-state index in [1.807, 2.05) is 21.9 Å². The van der Waals surface area contributed by atoms with Crippen molar-refractivity contribution in [2.45, 2.75) is 31.7 Å². The summed E-state index contributed by atoms with van der Waals surface area (Å²) in [7, 11) is 0. The molecule has 2 atom stereocenters. The van der Waals surface area contributed by atoms with Crippen molar-refractivity contribution < 1.29 is 9.59 Å². The Morgan fingerprint density at radius 1 is 1.10 bits per heavy atom. The molecule has 0 unspecified atom stereocenters. The first-order valence-electron chi connectivity index (χ1n) is 11.0. The van der Waals surface area contributed by atoms with Crippen LogP contribution in [0.2, 0.25) is 0 Å². The predicted octanol–water partition coefficient (Wildman–Crippen LogP) is 3.87. The van der Waals surface area contributed by atoms with Gasteiger partial charge in [0.2, 0.25) is 11.8 Å². The number of piperazine rings is 1. The highest BCUT2D eigenvalue weighted by Gasteiger charge is 2.37. The first kappa shape index (κ1) is 21.0. The van der Waals surface area contributed by atoms with E-state index in [1.54, 1.807) is 18.5 Å². The van der Waals surface area contributed by atoms with Crippen LogP contribution in [-0.2, 0) is 16.0 Å². The van der Waals surface area contributed by atoms with Crippen LogP contribution in [0.15, 0.2) is 73.6 Å². The smallest absolute Gasteiger partial charge is 0.246 e. The van der Waals surface area contributed by atoms with E-state index in [2.05, 4.69) is 48.0 Å². The van der Waals surface area contributed by atoms with E-state index in [1.165, 1.54) is 0 Å². The van der Waals surface area contributed by atoms with E-state index in [9.17, 15) is 9.59 Å². The molecule has 0 bridgehead atoms. The molecule has 1 aromatic carbocycles. The molecule has 31 heavy (non-hydrogen) atoms. The monoisotopic (exact) mass is 415 g/mol. The van der Waals surface area contributed by atoms with Crippen LogP contribution < -0.4 is 0 Å². The third-order valence-electron chi connectivity index (χ3n) is 6.20. The third-order valence-corrected chi connectivity index (χ3v) is 6.20. The quantitative estimate of drug-likeness (QED) is 0.645. The molecule has 1 aromatic heterocycles. The molecule has 2 aromatic rings. The van der Waals surface area contributed by atoms with Gasteiger partial charge in [-0.3, -0.25) is 14.6 Å². The van der Waals surface area contributed by atoms with Crippen molar-refractivity contribution in [3.63, 3.8) is 0 Å². The van der Waals surface area contributed by atoms with Gasteiger partial charge in [0, 0.05) is 44.9 Å². The van der Waals surface area contributed by atoms with Crippen LogP contribution in [0.3, 0.4) is 0 Å². The van der Waals surface area contributed by atoms with Gasteiger partial charge in [0.1, 0.15) is 6.04 Å². The first-order chi connectivity index (χ1) is 15.2. The number of allylic oxidation sites excluding steroid dienone is 2. The lowest BCUT2D eigenvalue weighted by Gasteiger charge is -2.41. The minimum atomic E-state index is -0.460. The summed E-state index contributed by atoms with van der Waals surface area (Å²) in [6, 6.07) is 11.7. The van der Waals surface area contributed by atoms with Gasteiger partial charge < -0.3 is 9.80 Å². The zero-order chi connectivity index (χ0) is 21.6. The van der Waals surface area contributed by atoms with Crippen LogP contribution in [0.25, 0.3) is 11.1 Å². The molecule has 4 rings (SSSR count). The van der Waals surface area contributed by atoms with Gasteiger partial charge in [-0.2, -0.15) is 0 Å². The van der Waals surface area contributed by atoms with E-state index in [-0.39, 0.29) is 11.8 Å². The molecule has 1 aliphatic heterocycles. The van der Waals surface area contributed by atoms with Gasteiger partial charge in [0.15, 0.2) is 0 Å². The van der Waals surface area contributed by atoms with Gasteiger partial charge in [-0.1, -0.05) is 42.5 Å². The van der Waals surface area contributed by atoms with Gasteiger partial charge in [0.25, 0.3) is 0 Å². The van der Waals surface area contributed by atoms with Crippen molar-refractivity contribution >= 4 is 11.8 Å². The summed E-state index contributed by atoms with van der Waals surface area (Å²) in [5.41, 5.74) is 3.26. The molecule has 0 saturated carbocycles. The van der Waals surface area contributed by atoms with E-state index in [4.69, 9.17) is 0 Å². The summed E-state index contributed by atoms with van der Waals surface area (Å²) in [5, 5.41) is 0. The van der Waals surface area contributed by atoms with Crippen molar-refractivity contribution in [2.75, 3.05) is 19.6 Å². The molecule has 0 N–H and O–H groups in total. The molecule has 0 spiro atoms. The Kier molecular flexibility index (Phi) is 6.60. The van der Waals surface area contributed by atoms with E-state index in [0.717, 1.165) is 29.5 Å². The minimum absolute atomic E-state index is 0.0136. The lowest BCUT2D eigenvalue weighted by Crippen LogP contribution is -2.59. The molecule has 5 heteroatoms. The molecule has 0 radical (unpaired) electrons. The Labute approximate surface area is 184 Å². The molecule has 5 nitrogen and oxygen atoms in total. The lowest BCUT2D eigenvalue weighted by atomic mass is 9.97. The number of benzene rings is 1. The number of carbonyl (C=O) groups is 2. The maximum absolute atomic E-state index is 13.2. The zero-order valence-electron chi connectivity index (χ0n) is 17.8. The van der Waals surface area contributed by atoms with Crippen LogP contribution >= 0.6 is 0 Å². The van der Waals surface area contributed by atoms with Crippen molar-refractivity contribution in [3.8, 4) is 11.1 Å². The van der Waals surface area contributed by atoms with E-state index < -0.39 is 6.04 Å². The van der Waals surface area contributed by atoms with Gasteiger partial charge in [-0.25, -0.2) is 0 Å². The molecule has 2 heterocycles. The largest absolute Gasteiger partial charge is 0.335 e. The fraction of sp³-hybridized carbons (Fsp3) is 0.346. The maximum Gasteiger partial charge on any atom is 0.246 e. The number of nitrogens with zero attached hydrogens (tertiary/aromatic N) is 3. The van der Waals surface area contributed by atoms with Crippen LogP contribution in [0.1, 0.15) is 24.8 Å². The van der Waals surface area contributed by atoms with Gasteiger partial charge in [-0.05, 0) is 47.6 Å². The summed E-state index contributed by atoms with van der Waals surface area (Å²) < 4.78 is 0. The van der Waals surface area contributed by atoms with Crippen molar-refractivity contribution in [1.82, 2.24) is 14.8 Å². The normalized spacial score (nSPS) is 20.8. The highest BCUT2D eigenvalue weighted by Crippen LogP contribution is 2.25. The number of hydrogen-bond acceptors (Lipinski definition) is 3. The van der Waals surface area contributed by atoms with Gasteiger partial charge in [0.05, 0.1) is 0 Å². The first-order valence-corrected chi connectivity index (χ1v) is 11.0. The molecule has 2 amide bonds. The standard InChI is InChI=1S/C26H29N3O2/c1-2-15-28-16-17-29(25(30)19-20-5-3-4-6-20)24(26(28)31)18-21-7-9-22(10-8-21)23-11-13-27-14-12-23/h2-3,5,7-14,20,24H,1,4,6,15-19H2/t20-,24-/m0/s1. The molecule has 1 fully saturated rings. The highest BCUT2D eigenvalue weighted by atomic mass is 16.2. The number of carbonyl (C=O) groups excluding carboxylic acids is 2. The predicted molar refractivity (Wildman–Crippen MR) is 122 cm³/mol. The van der Waals surface area contributed by atoms with E-state index in [0.29, 0.717) is 38.4 Å². The number of rotatable bonds is 7. The van der Waals surface area contributed by atoms with Crippen LogP contribution in [0.4, 0.5) is 0 Å². The van der Waals surface area contributed by atoms with Gasteiger partial charge in [-0.15, -0.1) is 6.58 Å². The van der Waals surface area contributed by atoms with Gasteiger partial charge >= 0.3 is 0 Å². The number of amides is 2. The lowest BCUT2D eigenvalue weighted by molar-refractivity contribution is -0.151. The number of pyridine rings is 1. The SMILES string of the molecule is C=CCN1CCN(C(=O)C[C@H]2C=CCC2)[C@@H](Cc2ccc(-c3ccncc3)cc2)C1=O. The van der Waals surface area contributed by atoms with Crippen LogP contribution in [-0.4, -0.2) is 52.3 Å². The van der Waals surface area contributed by atoms with Crippen molar-refractivity contribution in [3.05, 3.63) is 79.2 Å². The minimum Gasteiger partial charge on any atom is -0.335 e. The molecule has 2 aliphatic rings. The molecule has 160 valence electrons. The Morgan fingerprint density at radius 3 is 2.52 bits per heavy atom. The highest BCUT2D eigenvalue weighted by molar-refractivity contribution is 5.89. The second-order valence-corrected chi connectivity index (χ2v) is 8.28. The number of aromatic nitrogens is 1. The molecular weight excluding hydrogens is 386 g/mol. The Bertz CT molecular complexity index is 952. The van der Waals surface area contributed by atoms with Crippen LogP contribution in [0, 0.1) is 5.92 Å². The summed E-state index contributed by atoms with van der Waals surface area (Å²) in [6.45, 7) is 5.43. The molecule has 1 aliphatic carbocycles. The summed E-state index contributed by atoms with van der Waals surface area (Å²) in [5.74, 6) is 0.398. The van der Waals surface area contributed by atoms with Crippen LogP contribution in [0.5, 0.6) is 0 Å². The zero-order valence-corrected chi connectivity index (χ0v) is 17.8. The number of hydrogen-bond donors (Lipinski definition) is 0. The average molecular weight is 416 g/mol. The molecule has 1 saturated heterocycles.